The van der Waals surface area contributed by atoms with Crippen LogP contribution in [0.4, 0.5) is 0 Å². The summed E-state index contributed by atoms with van der Waals surface area (Å²) in [6, 6.07) is 32.8. The van der Waals surface area contributed by atoms with Gasteiger partial charge in [-0.25, -0.2) is 0 Å². The van der Waals surface area contributed by atoms with E-state index in [1.165, 1.54) is 38.5 Å². The Morgan fingerprint density at radius 1 is 0.426 bits per heavy atom. The Bertz CT molecular complexity index is 2570. The molecule has 7 heteroatoms. The van der Waals surface area contributed by atoms with Crippen LogP contribution in [0.2, 0.25) is 0 Å². The number of phenolic OH excluding ortho intramolecular Hbond substituents is 6. The lowest BCUT2D eigenvalue weighted by atomic mass is 9.75. The van der Waals surface area contributed by atoms with Crippen molar-refractivity contribution in [3.63, 3.8) is 0 Å². The number of aromatic hydroxyl groups is 6. The number of rotatable bonds is 9. The van der Waals surface area contributed by atoms with Gasteiger partial charge in [0.2, 0.25) is 0 Å². The van der Waals surface area contributed by atoms with Crippen LogP contribution in [-0.2, 0) is 10.8 Å². The van der Waals surface area contributed by atoms with Crippen LogP contribution < -0.4 is 4.74 Å². The maximum absolute atomic E-state index is 10.9. The van der Waals surface area contributed by atoms with Crippen molar-refractivity contribution in [3.05, 3.63) is 170 Å². The molecule has 0 heterocycles. The molecule has 2 fully saturated rings. The fourth-order valence-electron chi connectivity index (χ4n) is 10.9. The third-order valence-electron chi connectivity index (χ3n) is 14.7. The normalized spacial score (nSPS) is 15.0. The average molecular weight is 919 g/mol. The molecule has 8 rings (SSSR count). The van der Waals surface area contributed by atoms with Crippen LogP contribution >= 0.6 is 0 Å². The highest BCUT2D eigenvalue weighted by atomic mass is 16.5. The number of hydrogen-bond donors (Lipinski definition) is 6. The summed E-state index contributed by atoms with van der Waals surface area (Å²) in [5.74, 6) is 2.48. The molecular formula is C61H74O7. The molecule has 0 spiro atoms. The van der Waals surface area contributed by atoms with Crippen molar-refractivity contribution in [3.8, 4) is 40.2 Å². The summed E-state index contributed by atoms with van der Waals surface area (Å²) in [4.78, 5) is 0. The molecule has 0 saturated heterocycles. The summed E-state index contributed by atoms with van der Waals surface area (Å²) in [7, 11) is 1.54. The largest absolute Gasteiger partial charge is 0.508 e. The van der Waals surface area contributed by atoms with Gasteiger partial charge < -0.3 is 35.4 Å². The first-order valence-corrected chi connectivity index (χ1v) is 24.7. The first kappa shape index (κ1) is 49.8. The van der Waals surface area contributed by atoms with Crippen molar-refractivity contribution in [2.75, 3.05) is 7.11 Å². The second kappa shape index (κ2) is 20.6. The maximum Gasteiger partial charge on any atom is 0.160 e. The van der Waals surface area contributed by atoms with Crippen LogP contribution in [0.15, 0.2) is 103 Å². The molecule has 0 radical (unpaired) electrons. The van der Waals surface area contributed by atoms with Gasteiger partial charge in [-0.3, -0.25) is 0 Å². The van der Waals surface area contributed by atoms with Gasteiger partial charge in [-0.15, -0.1) is 0 Å². The molecule has 2 saturated carbocycles. The fourth-order valence-corrected chi connectivity index (χ4v) is 10.9. The van der Waals surface area contributed by atoms with Gasteiger partial charge in [-0.1, -0.05) is 141 Å². The highest BCUT2D eigenvalue weighted by molar-refractivity contribution is 5.59. The summed E-state index contributed by atoms with van der Waals surface area (Å²) in [5.41, 5.74) is 11.3. The summed E-state index contributed by atoms with van der Waals surface area (Å²) in [6.07, 6.45) is 11.8. The minimum atomic E-state index is -0.246. The highest BCUT2D eigenvalue weighted by Gasteiger charge is 2.30. The number of phenols is 6. The van der Waals surface area contributed by atoms with Crippen molar-refractivity contribution in [2.24, 2.45) is 0 Å². The molecule has 7 nitrogen and oxygen atoms in total. The molecule has 0 unspecified atom stereocenters. The van der Waals surface area contributed by atoms with E-state index in [1.807, 2.05) is 80.6 Å². The zero-order chi connectivity index (χ0) is 49.1. The molecular weight excluding hydrogens is 845 g/mol. The predicted octanol–water partition coefficient (Wildman–Crippen LogP) is 15.3. The smallest absolute Gasteiger partial charge is 0.160 e. The number of methoxy groups -OCH3 is 1. The van der Waals surface area contributed by atoms with E-state index in [1.54, 1.807) is 19.2 Å². The van der Waals surface area contributed by atoms with Crippen LogP contribution in [0.5, 0.6) is 40.2 Å². The molecule has 2 aliphatic rings. The third kappa shape index (κ3) is 10.9. The number of aryl methyl sites for hydroxylation is 2. The zero-order valence-corrected chi connectivity index (χ0v) is 41.8. The van der Waals surface area contributed by atoms with Gasteiger partial charge >= 0.3 is 0 Å². The van der Waals surface area contributed by atoms with Gasteiger partial charge in [0.25, 0.3) is 0 Å². The summed E-state index contributed by atoms with van der Waals surface area (Å²) in [5, 5.41) is 64.1. The predicted molar refractivity (Wildman–Crippen MR) is 276 cm³/mol. The van der Waals surface area contributed by atoms with E-state index in [0.29, 0.717) is 29.1 Å². The van der Waals surface area contributed by atoms with Gasteiger partial charge in [0.05, 0.1) is 7.11 Å². The maximum atomic E-state index is 10.9. The Hall–Kier alpha value is -6.08. The molecule has 6 aromatic carbocycles. The number of hydrogen-bond acceptors (Lipinski definition) is 7. The Balaban J connectivity index is 0.000000201. The Morgan fingerprint density at radius 3 is 1.25 bits per heavy atom. The zero-order valence-electron chi connectivity index (χ0n) is 41.8. The van der Waals surface area contributed by atoms with Crippen LogP contribution in [-0.4, -0.2) is 37.7 Å². The second-order valence-electron chi connectivity index (χ2n) is 21.6. The Morgan fingerprint density at radius 2 is 0.838 bits per heavy atom. The van der Waals surface area contributed by atoms with E-state index in [0.717, 1.165) is 92.4 Å². The first-order valence-electron chi connectivity index (χ1n) is 24.7. The van der Waals surface area contributed by atoms with E-state index in [9.17, 15) is 30.6 Å². The van der Waals surface area contributed by atoms with Crippen LogP contribution in [0, 0.1) is 13.8 Å². The van der Waals surface area contributed by atoms with Crippen molar-refractivity contribution in [1.29, 1.82) is 0 Å². The van der Waals surface area contributed by atoms with E-state index in [-0.39, 0.29) is 45.7 Å². The van der Waals surface area contributed by atoms with Crippen LogP contribution in [0.25, 0.3) is 0 Å². The SMILES string of the molecule is COc1cc(C(c2cc(C(C)(C)C)c(O)cc2C)c2cc(C(C)(C)C)c(O)cc2C)ccc1O.Oc1ccc(C(c2ccc(O)c(C3CCCCC3)c2)c2ccccc2O)cc1C1CCCCC1. The van der Waals surface area contributed by atoms with Crippen LogP contribution in [0.1, 0.15) is 196 Å². The van der Waals surface area contributed by atoms with Gasteiger partial charge in [0.15, 0.2) is 11.5 Å². The van der Waals surface area contributed by atoms with Crippen LogP contribution in [0.3, 0.4) is 0 Å². The van der Waals surface area contributed by atoms with Crippen molar-refractivity contribution >= 4 is 0 Å². The van der Waals surface area contributed by atoms with Crippen molar-refractivity contribution < 1.29 is 35.4 Å². The minimum Gasteiger partial charge on any atom is -0.508 e. The molecule has 6 aromatic rings. The lowest BCUT2D eigenvalue weighted by Crippen LogP contribution is -2.16. The van der Waals surface area contributed by atoms with Gasteiger partial charge in [0, 0.05) is 17.4 Å². The standard InChI is InChI=1S/C31H36O3.C30H38O4/c32-28-14-8-7-13-25(28)31(23-15-17-29(33)26(19-23)21-9-3-1-4-10-21)24-16-18-30(34)27(20-24)22-11-5-2-6-12-22;1-17-12-25(32)22(29(3,4)5)15-20(17)28(19-10-11-24(31)27(14-19)34-9)21-16-23(30(6,7)8)26(33)13-18(21)2/h7-8,13-22,31-34H,1-6,9-12H2;10-16,28,31-33H,1-9H3. The van der Waals surface area contributed by atoms with Crippen molar-refractivity contribution in [1.82, 2.24) is 0 Å². The van der Waals surface area contributed by atoms with Gasteiger partial charge in [0.1, 0.15) is 28.7 Å². The number of ether oxygens (including phenoxy) is 1. The fraction of sp³-hybridized carbons (Fsp3) is 0.410. The quantitative estimate of drug-likeness (QED) is 0.0797. The molecule has 0 aromatic heterocycles. The molecule has 2 aliphatic carbocycles. The number of para-hydroxylation sites is 1. The summed E-state index contributed by atoms with van der Waals surface area (Å²) >= 11 is 0. The van der Waals surface area contributed by atoms with Gasteiger partial charge in [-0.05, 0) is 166 Å². The molecule has 6 N–H and O–H groups in total. The molecule has 0 atom stereocenters. The van der Waals surface area contributed by atoms with E-state index < -0.39 is 0 Å². The molecule has 68 heavy (non-hydrogen) atoms. The lowest BCUT2D eigenvalue weighted by molar-refractivity contribution is 0.373. The summed E-state index contributed by atoms with van der Waals surface area (Å²) in [6.45, 7) is 16.5. The summed E-state index contributed by atoms with van der Waals surface area (Å²) < 4.78 is 5.43. The highest BCUT2D eigenvalue weighted by Crippen LogP contribution is 2.47. The first-order chi connectivity index (χ1) is 32.3. The number of benzene rings is 6. The monoisotopic (exact) mass is 919 g/mol. The van der Waals surface area contributed by atoms with Crippen molar-refractivity contribution in [2.45, 2.75) is 154 Å². The lowest BCUT2D eigenvalue weighted by Gasteiger charge is -2.29. The topological polar surface area (TPSA) is 131 Å². The van der Waals surface area contributed by atoms with E-state index >= 15 is 0 Å². The molecule has 0 amide bonds. The second-order valence-corrected chi connectivity index (χ2v) is 21.6. The molecule has 0 bridgehead atoms. The minimum absolute atomic E-state index is 0.0839. The molecule has 360 valence electrons. The average Bonchev–Trinajstić information content (AvgIpc) is 3.30. The molecule has 0 aliphatic heterocycles. The van der Waals surface area contributed by atoms with E-state index in [2.05, 4.69) is 65.8 Å². The third-order valence-corrected chi connectivity index (χ3v) is 14.7. The Labute approximate surface area is 405 Å². The van der Waals surface area contributed by atoms with Gasteiger partial charge in [-0.2, -0.15) is 0 Å². The van der Waals surface area contributed by atoms with E-state index in [4.69, 9.17) is 4.74 Å². The Kier molecular flexibility index (Phi) is 15.1.